The largest absolute Gasteiger partial charge is 0.378 e. The number of morpholine rings is 1. The maximum atomic E-state index is 12.8. The summed E-state index contributed by atoms with van der Waals surface area (Å²) in [5.74, 6) is -0.708. The summed E-state index contributed by atoms with van der Waals surface area (Å²) in [5.41, 5.74) is 2.56. The zero-order chi connectivity index (χ0) is 21.3. The predicted octanol–water partition coefficient (Wildman–Crippen LogP) is 3.33. The van der Waals surface area contributed by atoms with Crippen LogP contribution < -0.4 is 0 Å². The van der Waals surface area contributed by atoms with Gasteiger partial charge in [-0.25, -0.2) is 0 Å². The average Bonchev–Trinajstić information content (AvgIpc) is 3.31. The van der Waals surface area contributed by atoms with Crippen LogP contribution in [0.4, 0.5) is 4.79 Å². The molecule has 0 saturated carbocycles. The van der Waals surface area contributed by atoms with Gasteiger partial charge >= 0.3 is 0 Å². The second kappa shape index (κ2) is 8.67. The van der Waals surface area contributed by atoms with Crippen LogP contribution in [-0.2, 0) is 14.3 Å². The van der Waals surface area contributed by atoms with Crippen molar-refractivity contribution in [2.24, 2.45) is 0 Å². The van der Waals surface area contributed by atoms with E-state index in [1.54, 1.807) is 11.0 Å². The number of halogens is 1. The van der Waals surface area contributed by atoms with Crippen molar-refractivity contribution in [2.75, 3.05) is 32.8 Å². The molecule has 0 atom stereocenters. The Hall–Kier alpha value is -2.55. The lowest BCUT2D eigenvalue weighted by Crippen LogP contribution is -2.46. The fourth-order valence-corrected chi connectivity index (χ4v) is 4.29. The molecule has 0 radical (unpaired) electrons. The number of rotatable bonds is 4. The van der Waals surface area contributed by atoms with E-state index in [1.165, 1.54) is 0 Å². The highest BCUT2D eigenvalue weighted by Gasteiger charge is 2.37. The van der Waals surface area contributed by atoms with Crippen molar-refractivity contribution in [3.05, 3.63) is 57.7 Å². The lowest BCUT2D eigenvalue weighted by molar-refractivity contribution is -0.139. The van der Waals surface area contributed by atoms with E-state index < -0.39 is 11.1 Å². The van der Waals surface area contributed by atoms with Crippen molar-refractivity contribution in [1.29, 1.82) is 0 Å². The Morgan fingerprint density at radius 2 is 2.00 bits per heavy atom. The van der Waals surface area contributed by atoms with Gasteiger partial charge in [0, 0.05) is 35.7 Å². The minimum Gasteiger partial charge on any atom is -0.378 e. The van der Waals surface area contributed by atoms with Gasteiger partial charge in [-0.05, 0) is 54.6 Å². The highest BCUT2D eigenvalue weighted by atomic mass is 35.5. The number of imide groups is 1. The quantitative estimate of drug-likeness (QED) is 0.675. The first-order valence-corrected chi connectivity index (χ1v) is 10.7. The summed E-state index contributed by atoms with van der Waals surface area (Å²) >= 11 is 7.09. The molecular formula is C21H20ClN3O4S. The highest BCUT2D eigenvalue weighted by Crippen LogP contribution is 2.33. The topological polar surface area (TPSA) is 71.8 Å². The third kappa shape index (κ3) is 4.16. The molecule has 2 fully saturated rings. The number of carbonyl (C=O) groups is 3. The number of hydrogen-bond acceptors (Lipinski definition) is 5. The van der Waals surface area contributed by atoms with Gasteiger partial charge in [0.05, 0.1) is 18.1 Å². The Kier molecular flexibility index (Phi) is 5.99. The number of aromatic nitrogens is 1. The third-order valence-electron chi connectivity index (χ3n) is 5.02. The molecule has 0 N–H and O–H groups in total. The molecule has 9 heteroatoms. The Morgan fingerprint density at radius 1 is 1.23 bits per heavy atom. The molecule has 156 valence electrons. The van der Waals surface area contributed by atoms with Crippen LogP contribution in [0.3, 0.4) is 0 Å². The number of hydrogen-bond donors (Lipinski definition) is 0. The molecule has 3 amide bonds. The Bertz CT molecular complexity index is 1040. The molecular weight excluding hydrogens is 426 g/mol. The molecule has 0 spiro atoms. The van der Waals surface area contributed by atoms with E-state index in [0.29, 0.717) is 31.3 Å². The van der Waals surface area contributed by atoms with Crippen LogP contribution in [0.5, 0.6) is 0 Å². The van der Waals surface area contributed by atoms with E-state index in [-0.39, 0.29) is 17.4 Å². The number of aryl methyl sites for hydroxylation is 1. The first-order valence-electron chi connectivity index (χ1n) is 9.49. The lowest BCUT2D eigenvalue weighted by Gasteiger charge is -2.28. The van der Waals surface area contributed by atoms with Crippen LogP contribution >= 0.6 is 23.4 Å². The van der Waals surface area contributed by atoms with E-state index in [1.807, 2.05) is 48.0 Å². The smallest absolute Gasteiger partial charge is 0.294 e. The zero-order valence-electron chi connectivity index (χ0n) is 16.3. The second-order valence-electron chi connectivity index (χ2n) is 7.00. The van der Waals surface area contributed by atoms with Crippen LogP contribution in [0.1, 0.15) is 11.3 Å². The summed E-state index contributed by atoms with van der Waals surface area (Å²) in [6.07, 6.45) is 3.52. The molecule has 1 aromatic carbocycles. The normalized spacial score (nSPS) is 18.5. The zero-order valence-corrected chi connectivity index (χ0v) is 17.9. The molecule has 7 nitrogen and oxygen atoms in total. The van der Waals surface area contributed by atoms with Gasteiger partial charge in [0.25, 0.3) is 11.1 Å². The first kappa shape index (κ1) is 20.7. The van der Waals surface area contributed by atoms with Gasteiger partial charge in [0.2, 0.25) is 5.91 Å². The molecule has 30 heavy (non-hydrogen) atoms. The fourth-order valence-electron chi connectivity index (χ4n) is 3.30. The van der Waals surface area contributed by atoms with Crippen LogP contribution in [0.2, 0.25) is 5.02 Å². The summed E-state index contributed by atoms with van der Waals surface area (Å²) in [6.45, 7) is 3.55. The molecule has 0 unspecified atom stereocenters. The molecule has 2 aliphatic heterocycles. The number of benzene rings is 1. The molecule has 2 aliphatic rings. The maximum Gasteiger partial charge on any atom is 0.294 e. The van der Waals surface area contributed by atoms with Crippen LogP contribution in [-0.4, -0.2) is 64.3 Å². The van der Waals surface area contributed by atoms with Gasteiger partial charge < -0.3 is 14.2 Å². The van der Waals surface area contributed by atoms with Crippen molar-refractivity contribution in [3.8, 4) is 5.69 Å². The lowest BCUT2D eigenvalue weighted by atomic mass is 10.2. The first-order chi connectivity index (χ1) is 14.4. The summed E-state index contributed by atoms with van der Waals surface area (Å²) in [7, 11) is 0. The van der Waals surface area contributed by atoms with Gasteiger partial charge in [-0.1, -0.05) is 17.7 Å². The van der Waals surface area contributed by atoms with Crippen molar-refractivity contribution in [3.63, 3.8) is 0 Å². The summed E-state index contributed by atoms with van der Waals surface area (Å²) < 4.78 is 7.12. The van der Waals surface area contributed by atoms with Crippen molar-refractivity contribution < 1.29 is 19.1 Å². The Labute approximate surface area is 183 Å². The van der Waals surface area contributed by atoms with Gasteiger partial charge in [-0.3, -0.25) is 19.3 Å². The van der Waals surface area contributed by atoms with Gasteiger partial charge in [-0.2, -0.15) is 0 Å². The molecule has 4 rings (SSSR count). The number of ether oxygens (including phenoxy) is 1. The molecule has 0 bridgehead atoms. The number of amides is 3. The molecule has 2 aromatic rings. The monoisotopic (exact) mass is 445 g/mol. The second-order valence-corrected chi connectivity index (χ2v) is 8.40. The summed E-state index contributed by atoms with van der Waals surface area (Å²) in [5, 5.41) is 0.207. The molecule has 2 saturated heterocycles. The van der Waals surface area contributed by atoms with E-state index >= 15 is 0 Å². The Morgan fingerprint density at radius 3 is 2.73 bits per heavy atom. The fraction of sp³-hybridized carbons (Fsp3) is 0.286. The number of carbonyl (C=O) groups excluding carboxylic acids is 3. The van der Waals surface area contributed by atoms with E-state index in [4.69, 9.17) is 16.3 Å². The molecule has 3 heterocycles. The van der Waals surface area contributed by atoms with Crippen molar-refractivity contribution >= 4 is 46.5 Å². The Balaban J connectivity index is 1.53. The van der Waals surface area contributed by atoms with Gasteiger partial charge in [-0.15, -0.1) is 0 Å². The molecule has 0 aliphatic carbocycles. The van der Waals surface area contributed by atoms with E-state index in [2.05, 4.69) is 0 Å². The van der Waals surface area contributed by atoms with Crippen LogP contribution in [0, 0.1) is 6.92 Å². The van der Waals surface area contributed by atoms with Crippen molar-refractivity contribution in [1.82, 2.24) is 14.4 Å². The van der Waals surface area contributed by atoms with Crippen molar-refractivity contribution in [2.45, 2.75) is 6.92 Å². The predicted molar refractivity (Wildman–Crippen MR) is 116 cm³/mol. The number of thioether (sulfide) groups is 1. The van der Waals surface area contributed by atoms with Gasteiger partial charge in [0.15, 0.2) is 0 Å². The average molecular weight is 446 g/mol. The molecule has 1 aromatic heterocycles. The minimum absolute atomic E-state index is 0.250. The number of nitrogens with zero attached hydrogens (tertiary/aromatic N) is 3. The van der Waals surface area contributed by atoms with E-state index in [0.717, 1.165) is 33.6 Å². The maximum absolute atomic E-state index is 12.8. The highest BCUT2D eigenvalue weighted by molar-refractivity contribution is 8.18. The summed E-state index contributed by atoms with van der Waals surface area (Å²) in [6, 6.07) is 9.41. The third-order valence-corrected chi connectivity index (χ3v) is 6.34. The van der Waals surface area contributed by atoms with E-state index in [9.17, 15) is 14.4 Å². The van der Waals surface area contributed by atoms with Crippen LogP contribution in [0.15, 0.2) is 41.4 Å². The summed E-state index contributed by atoms with van der Waals surface area (Å²) in [4.78, 5) is 40.5. The van der Waals surface area contributed by atoms with Crippen LogP contribution in [0.25, 0.3) is 11.8 Å². The standard InChI is InChI=1S/C21H20ClN3O4S/c1-14-4-5-16(11-17(14)22)24-6-2-3-15(24)12-18-20(27)25(21(28)30-18)13-19(26)23-7-9-29-10-8-23/h2-6,11-12H,7-10,13H2,1H3/b18-12+. The SMILES string of the molecule is Cc1ccc(-n2cccc2/C=C2/SC(=O)N(CC(=O)N3CCOCC3)C2=O)cc1Cl. The minimum atomic E-state index is -0.457. The van der Waals surface area contributed by atoms with Gasteiger partial charge in [0.1, 0.15) is 6.54 Å².